The van der Waals surface area contributed by atoms with E-state index < -0.39 is 19.9 Å². The molecule has 0 bridgehead atoms. The maximum Gasteiger partial charge on any atom is 0.254 e. The van der Waals surface area contributed by atoms with Gasteiger partial charge in [-0.1, -0.05) is 12.1 Å². The monoisotopic (exact) mass is 452 g/mol. The average molecular weight is 453 g/mol. The van der Waals surface area contributed by atoms with Crippen molar-refractivity contribution >= 4 is 25.8 Å². The molecule has 0 saturated carbocycles. The highest BCUT2D eigenvalue weighted by molar-refractivity contribution is 7.90. The summed E-state index contributed by atoms with van der Waals surface area (Å²) in [6.45, 7) is 3.93. The average Bonchev–Trinajstić information content (AvgIpc) is 2.68. The number of aromatic hydroxyl groups is 1. The third-order valence-electron chi connectivity index (χ3n) is 5.13. The number of nitrogens with zero attached hydrogens (tertiary/aromatic N) is 2. The summed E-state index contributed by atoms with van der Waals surface area (Å²) in [4.78, 5) is 14.4. The molecule has 0 aliphatic carbocycles. The third kappa shape index (κ3) is 4.35. The Morgan fingerprint density at radius 3 is 2.17 bits per heavy atom. The number of phenolic OH excluding ortho intramolecular Hbond substituents is 1. The number of carbonyl (C=O) groups excluding carboxylic acids is 1. The molecule has 8 nitrogen and oxygen atoms in total. The van der Waals surface area contributed by atoms with Gasteiger partial charge in [-0.25, -0.2) is 16.8 Å². The molecule has 3 rings (SSSR count). The molecule has 1 N–H and O–H groups in total. The molecule has 0 radical (unpaired) electrons. The summed E-state index contributed by atoms with van der Waals surface area (Å²) in [5.41, 5.74) is 1.64. The molecule has 1 aliphatic rings. The Balaban J connectivity index is 1.79. The highest BCUT2D eigenvalue weighted by atomic mass is 32.2. The lowest BCUT2D eigenvalue weighted by Crippen LogP contribution is -2.50. The highest BCUT2D eigenvalue weighted by Gasteiger charge is 2.32. The van der Waals surface area contributed by atoms with Crippen LogP contribution in [0.1, 0.15) is 21.5 Å². The SMILES string of the molecule is Cc1ccc(O)c(S(=O)(=O)N2CCN(C(=O)c3cc(S(C)(=O)=O)ccc3C)CC2)c1. The van der Waals surface area contributed by atoms with Crippen LogP contribution in [-0.4, -0.2) is 69.5 Å². The summed E-state index contributed by atoms with van der Waals surface area (Å²) in [5, 5.41) is 9.99. The van der Waals surface area contributed by atoms with Crippen LogP contribution in [0.3, 0.4) is 0 Å². The summed E-state index contributed by atoms with van der Waals surface area (Å²) in [7, 11) is -7.35. The first-order chi connectivity index (χ1) is 13.9. The zero-order valence-electron chi connectivity index (χ0n) is 17.0. The Bertz CT molecular complexity index is 1200. The van der Waals surface area contributed by atoms with Crippen molar-refractivity contribution < 1.29 is 26.7 Å². The Labute approximate surface area is 176 Å². The van der Waals surface area contributed by atoms with Gasteiger partial charge in [0.05, 0.1) is 4.90 Å². The van der Waals surface area contributed by atoms with Crippen molar-refractivity contribution in [3.8, 4) is 5.75 Å². The summed E-state index contributed by atoms with van der Waals surface area (Å²) in [5.74, 6) is -0.652. The molecule has 0 spiro atoms. The topological polar surface area (TPSA) is 112 Å². The van der Waals surface area contributed by atoms with Gasteiger partial charge in [-0.2, -0.15) is 4.31 Å². The molecule has 0 unspecified atom stereocenters. The first-order valence-corrected chi connectivity index (χ1v) is 12.6. The number of aryl methyl sites for hydroxylation is 2. The molecule has 1 fully saturated rings. The normalized spacial score (nSPS) is 15.9. The molecule has 2 aromatic carbocycles. The summed E-state index contributed by atoms with van der Waals surface area (Å²) < 4.78 is 50.7. The van der Waals surface area contributed by atoms with Crippen LogP contribution in [0.5, 0.6) is 5.75 Å². The van der Waals surface area contributed by atoms with Gasteiger partial charge in [0.2, 0.25) is 10.0 Å². The molecule has 162 valence electrons. The summed E-state index contributed by atoms with van der Waals surface area (Å²) in [6, 6.07) is 8.80. The number of sulfone groups is 1. The second-order valence-corrected chi connectivity index (χ2v) is 11.3. The zero-order valence-corrected chi connectivity index (χ0v) is 18.6. The van der Waals surface area contributed by atoms with Crippen LogP contribution in [0.15, 0.2) is 46.2 Å². The van der Waals surface area contributed by atoms with E-state index in [2.05, 4.69) is 0 Å². The minimum absolute atomic E-state index is 0.0626. The molecule has 10 heteroatoms. The van der Waals surface area contributed by atoms with Gasteiger partial charge in [0.25, 0.3) is 5.91 Å². The molecular weight excluding hydrogens is 428 g/mol. The second kappa shape index (κ2) is 8.01. The van der Waals surface area contributed by atoms with Gasteiger partial charge >= 0.3 is 0 Å². The van der Waals surface area contributed by atoms with Crippen LogP contribution in [0, 0.1) is 13.8 Å². The fourth-order valence-electron chi connectivity index (χ4n) is 3.33. The Morgan fingerprint density at radius 2 is 1.57 bits per heavy atom. The number of hydrogen-bond acceptors (Lipinski definition) is 6. The smallest absolute Gasteiger partial charge is 0.254 e. The first kappa shape index (κ1) is 22.3. The standard InChI is InChI=1S/C20H24N2O6S2/c1-14-4-7-18(23)19(12-14)30(27,28)22-10-8-21(9-11-22)20(24)17-13-16(29(3,25)26)6-5-15(17)2/h4-7,12-13,23H,8-11H2,1-3H3. The predicted octanol–water partition coefficient (Wildman–Crippen LogP) is 1.56. The van der Waals surface area contributed by atoms with E-state index in [4.69, 9.17) is 0 Å². The molecule has 1 saturated heterocycles. The summed E-state index contributed by atoms with van der Waals surface area (Å²) in [6.07, 6.45) is 1.08. The van der Waals surface area contributed by atoms with Gasteiger partial charge in [0, 0.05) is 38.0 Å². The van der Waals surface area contributed by atoms with E-state index in [-0.39, 0.29) is 53.2 Å². The number of carbonyl (C=O) groups is 1. The van der Waals surface area contributed by atoms with Crippen LogP contribution >= 0.6 is 0 Å². The largest absolute Gasteiger partial charge is 0.507 e. The predicted molar refractivity (Wildman–Crippen MR) is 112 cm³/mol. The van der Waals surface area contributed by atoms with Crippen LogP contribution < -0.4 is 0 Å². The fraction of sp³-hybridized carbons (Fsp3) is 0.350. The van der Waals surface area contributed by atoms with Crippen LogP contribution in [0.2, 0.25) is 0 Å². The van der Waals surface area contributed by atoms with Crippen molar-refractivity contribution in [3.63, 3.8) is 0 Å². The molecule has 0 aromatic heterocycles. The summed E-state index contributed by atoms with van der Waals surface area (Å²) >= 11 is 0. The number of sulfonamides is 1. The van der Waals surface area contributed by atoms with Gasteiger partial charge in [-0.05, 0) is 49.2 Å². The maximum atomic E-state index is 12.9. The third-order valence-corrected chi connectivity index (χ3v) is 8.16. The van der Waals surface area contributed by atoms with Gasteiger partial charge in [-0.15, -0.1) is 0 Å². The van der Waals surface area contributed by atoms with E-state index in [9.17, 15) is 26.7 Å². The minimum Gasteiger partial charge on any atom is -0.507 e. The van der Waals surface area contributed by atoms with E-state index >= 15 is 0 Å². The van der Waals surface area contributed by atoms with E-state index in [0.29, 0.717) is 11.1 Å². The van der Waals surface area contributed by atoms with Crippen molar-refractivity contribution in [2.75, 3.05) is 32.4 Å². The van der Waals surface area contributed by atoms with E-state index in [1.54, 1.807) is 26.0 Å². The lowest BCUT2D eigenvalue weighted by Gasteiger charge is -2.34. The van der Waals surface area contributed by atoms with Crippen molar-refractivity contribution in [2.24, 2.45) is 0 Å². The van der Waals surface area contributed by atoms with Crippen LogP contribution in [0.25, 0.3) is 0 Å². The zero-order chi connectivity index (χ0) is 22.3. The van der Waals surface area contributed by atoms with Crippen molar-refractivity contribution in [2.45, 2.75) is 23.6 Å². The first-order valence-electron chi connectivity index (χ1n) is 9.31. The second-order valence-electron chi connectivity index (χ2n) is 7.42. The van der Waals surface area contributed by atoms with E-state index in [0.717, 1.165) is 6.26 Å². The number of amides is 1. The maximum absolute atomic E-state index is 12.9. The number of phenols is 1. The molecule has 1 heterocycles. The van der Waals surface area contributed by atoms with Gasteiger partial charge in [0.15, 0.2) is 9.84 Å². The van der Waals surface area contributed by atoms with Crippen LogP contribution in [0.4, 0.5) is 0 Å². The van der Waals surface area contributed by atoms with Crippen molar-refractivity contribution in [1.82, 2.24) is 9.21 Å². The lowest BCUT2D eigenvalue weighted by molar-refractivity contribution is 0.0696. The quantitative estimate of drug-likeness (QED) is 0.753. The molecule has 1 amide bonds. The fourth-order valence-corrected chi connectivity index (χ4v) is 5.57. The highest BCUT2D eigenvalue weighted by Crippen LogP contribution is 2.28. The van der Waals surface area contributed by atoms with E-state index in [1.807, 2.05) is 0 Å². The van der Waals surface area contributed by atoms with Crippen LogP contribution in [-0.2, 0) is 19.9 Å². The number of hydrogen-bond donors (Lipinski definition) is 1. The molecule has 30 heavy (non-hydrogen) atoms. The Hall–Kier alpha value is -2.43. The van der Waals surface area contributed by atoms with Gasteiger partial charge in [0.1, 0.15) is 10.6 Å². The number of rotatable bonds is 4. The Kier molecular flexibility index (Phi) is 5.94. The van der Waals surface area contributed by atoms with Gasteiger partial charge < -0.3 is 10.0 Å². The number of benzene rings is 2. The molecule has 1 aliphatic heterocycles. The molecule has 2 aromatic rings. The Morgan fingerprint density at radius 1 is 0.933 bits per heavy atom. The molecule has 0 atom stereocenters. The number of piperazine rings is 1. The van der Waals surface area contributed by atoms with Gasteiger partial charge in [-0.3, -0.25) is 4.79 Å². The minimum atomic E-state index is -3.90. The van der Waals surface area contributed by atoms with Crippen molar-refractivity contribution in [1.29, 1.82) is 0 Å². The lowest BCUT2D eigenvalue weighted by atomic mass is 10.1. The van der Waals surface area contributed by atoms with Crippen molar-refractivity contribution in [3.05, 3.63) is 53.1 Å². The molecular formula is C20H24N2O6S2. The van der Waals surface area contributed by atoms with E-state index in [1.165, 1.54) is 33.5 Å².